The molecule has 1 heterocycles. The third-order valence-corrected chi connectivity index (χ3v) is 3.42. The van der Waals surface area contributed by atoms with Gasteiger partial charge in [-0.3, -0.25) is 4.79 Å². The third kappa shape index (κ3) is 7.37. The van der Waals surface area contributed by atoms with Gasteiger partial charge in [-0.05, 0) is 25.8 Å². The lowest BCUT2D eigenvalue weighted by atomic mass is 10.1. The smallest absolute Gasteiger partial charge is 0.220 e. The first-order chi connectivity index (χ1) is 8.33. The van der Waals surface area contributed by atoms with Crippen LogP contribution in [0, 0.1) is 0 Å². The predicted octanol–water partition coefficient (Wildman–Crippen LogP) is 2.61. The summed E-state index contributed by atoms with van der Waals surface area (Å²) in [6.07, 6.45) is 10.5. The number of hydrogen-bond acceptors (Lipinski definition) is 2. The zero-order valence-electron chi connectivity index (χ0n) is 11.3. The first kappa shape index (κ1) is 14.5. The summed E-state index contributed by atoms with van der Waals surface area (Å²) in [5.74, 6) is 0.245. The zero-order valence-corrected chi connectivity index (χ0v) is 11.3. The summed E-state index contributed by atoms with van der Waals surface area (Å²) in [6.45, 7) is 4.28. The molecule has 3 heteroatoms. The van der Waals surface area contributed by atoms with Gasteiger partial charge < -0.3 is 10.6 Å². The summed E-state index contributed by atoms with van der Waals surface area (Å²) in [5, 5.41) is 6.44. The number of unbranched alkanes of at least 4 members (excludes halogenated alkanes) is 5. The summed E-state index contributed by atoms with van der Waals surface area (Å²) < 4.78 is 0. The van der Waals surface area contributed by atoms with E-state index in [2.05, 4.69) is 17.6 Å². The molecule has 0 unspecified atom stereocenters. The molecule has 1 saturated heterocycles. The first-order valence-electron chi connectivity index (χ1n) is 7.33. The number of amides is 1. The summed E-state index contributed by atoms with van der Waals surface area (Å²) in [6, 6.07) is 0.372. The average Bonchev–Trinajstić information content (AvgIpc) is 2.35. The summed E-state index contributed by atoms with van der Waals surface area (Å²) in [7, 11) is 0. The second-order valence-electron chi connectivity index (χ2n) is 5.13. The molecule has 0 aliphatic carbocycles. The average molecular weight is 240 g/mol. The van der Waals surface area contributed by atoms with Crippen molar-refractivity contribution in [3.8, 4) is 0 Å². The van der Waals surface area contributed by atoms with Gasteiger partial charge in [-0.1, -0.05) is 39.0 Å². The molecule has 0 radical (unpaired) electrons. The van der Waals surface area contributed by atoms with Gasteiger partial charge in [0.15, 0.2) is 0 Å². The Morgan fingerprint density at radius 3 is 2.71 bits per heavy atom. The molecule has 0 bridgehead atoms. The lowest BCUT2D eigenvalue weighted by molar-refractivity contribution is -0.122. The third-order valence-electron chi connectivity index (χ3n) is 3.42. The minimum absolute atomic E-state index is 0.245. The van der Waals surface area contributed by atoms with Crippen LogP contribution in [0.15, 0.2) is 0 Å². The minimum atomic E-state index is 0.245. The summed E-state index contributed by atoms with van der Waals surface area (Å²) in [5.41, 5.74) is 0. The van der Waals surface area contributed by atoms with E-state index in [-0.39, 0.29) is 5.91 Å². The van der Waals surface area contributed by atoms with E-state index in [1.807, 2.05) is 0 Å². The van der Waals surface area contributed by atoms with Crippen LogP contribution in [0.4, 0.5) is 0 Å². The van der Waals surface area contributed by atoms with Crippen molar-refractivity contribution in [2.45, 2.75) is 70.8 Å². The lowest BCUT2D eigenvalue weighted by Crippen LogP contribution is -2.45. The fraction of sp³-hybridized carbons (Fsp3) is 0.929. The molecule has 1 amide bonds. The van der Waals surface area contributed by atoms with Crippen molar-refractivity contribution in [2.75, 3.05) is 13.1 Å². The van der Waals surface area contributed by atoms with Crippen molar-refractivity contribution < 1.29 is 4.79 Å². The van der Waals surface area contributed by atoms with Crippen LogP contribution >= 0.6 is 0 Å². The lowest BCUT2D eigenvalue weighted by Gasteiger charge is -2.23. The number of nitrogens with one attached hydrogen (secondary N) is 2. The second-order valence-corrected chi connectivity index (χ2v) is 5.13. The van der Waals surface area contributed by atoms with Gasteiger partial charge in [-0.25, -0.2) is 0 Å². The van der Waals surface area contributed by atoms with E-state index < -0.39 is 0 Å². The van der Waals surface area contributed by atoms with Crippen LogP contribution in [0.1, 0.15) is 64.7 Å². The molecule has 0 aromatic rings. The molecule has 2 N–H and O–H groups in total. The van der Waals surface area contributed by atoms with Crippen molar-refractivity contribution >= 4 is 5.91 Å². The van der Waals surface area contributed by atoms with Gasteiger partial charge in [-0.15, -0.1) is 0 Å². The molecule has 0 aromatic carbocycles. The molecule has 1 rings (SSSR count). The van der Waals surface area contributed by atoms with Crippen LogP contribution < -0.4 is 10.6 Å². The zero-order chi connectivity index (χ0) is 12.3. The SMILES string of the molecule is CCCCCCCCC(=O)N[C@H]1CCCNC1. The fourth-order valence-corrected chi connectivity index (χ4v) is 2.34. The molecule has 1 aliphatic rings. The molecule has 3 nitrogen and oxygen atoms in total. The van der Waals surface area contributed by atoms with Crippen molar-refractivity contribution in [2.24, 2.45) is 0 Å². The van der Waals surface area contributed by atoms with Crippen LogP contribution in [0.3, 0.4) is 0 Å². The van der Waals surface area contributed by atoms with E-state index in [4.69, 9.17) is 0 Å². The number of rotatable bonds is 8. The highest BCUT2D eigenvalue weighted by Gasteiger charge is 2.14. The van der Waals surface area contributed by atoms with Gasteiger partial charge in [-0.2, -0.15) is 0 Å². The van der Waals surface area contributed by atoms with Crippen LogP contribution in [-0.2, 0) is 4.79 Å². The molecule has 1 aliphatic heterocycles. The predicted molar refractivity (Wildman–Crippen MR) is 72.0 cm³/mol. The highest BCUT2D eigenvalue weighted by molar-refractivity contribution is 5.76. The number of carbonyl (C=O) groups excluding carboxylic acids is 1. The Kier molecular flexibility index (Phi) is 8.06. The fourth-order valence-electron chi connectivity index (χ4n) is 2.34. The Morgan fingerprint density at radius 2 is 2.00 bits per heavy atom. The standard InChI is InChI=1S/C14H28N2O/c1-2-3-4-5-6-7-10-14(17)16-13-9-8-11-15-12-13/h13,15H,2-12H2,1H3,(H,16,17)/t13-/m0/s1. The van der Waals surface area contributed by atoms with Crippen LogP contribution in [0.2, 0.25) is 0 Å². The van der Waals surface area contributed by atoms with E-state index in [1.54, 1.807) is 0 Å². The number of carbonyl (C=O) groups is 1. The molecule has 1 atom stereocenters. The van der Waals surface area contributed by atoms with Gasteiger partial charge in [0, 0.05) is 19.0 Å². The molecule has 0 aromatic heterocycles. The van der Waals surface area contributed by atoms with Gasteiger partial charge in [0.1, 0.15) is 0 Å². The molecular formula is C14H28N2O. The van der Waals surface area contributed by atoms with E-state index in [0.29, 0.717) is 12.5 Å². The maximum atomic E-state index is 11.7. The summed E-state index contributed by atoms with van der Waals surface area (Å²) >= 11 is 0. The molecule has 17 heavy (non-hydrogen) atoms. The molecule has 100 valence electrons. The highest BCUT2D eigenvalue weighted by atomic mass is 16.1. The van der Waals surface area contributed by atoms with Crippen molar-refractivity contribution in [1.82, 2.24) is 10.6 Å². The van der Waals surface area contributed by atoms with Gasteiger partial charge in [0.2, 0.25) is 5.91 Å². The van der Waals surface area contributed by atoms with Crippen molar-refractivity contribution in [3.63, 3.8) is 0 Å². The van der Waals surface area contributed by atoms with Crippen LogP contribution in [0.5, 0.6) is 0 Å². The van der Waals surface area contributed by atoms with Crippen LogP contribution in [-0.4, -0.2) is 25.0 Å². The molecule has 1 fully saturated rings. The maximum absolute atomic E-state index is 11.7. The topological polar surface area (TPSA) is 41.1 Å². The Hall–Kier alpha value is -0.570. The Bertz CT molecular complexity index is 200. The Balaban J connectivity index is 1.93. The summed E-state index contributed by atoms with van der Waals surface area (Å²) in [4.78, 5) is 11.7. The monoisotopic (exact) mass is 240 g/mol. The van der Waals surface area contributed by atoms with Gasteiger partial charge in [0.25, 0.3) is 0 Å². The molecule has 0 spiro atoms. The largest absolute Gasteiger partial charge is 0.352 e. The number of hydrogen-bond donors (Lipinski definition) is 2. The minimum Gasteiger partial charge on any atom is -0.352 e. The first-order valence-corrected chi connectivity index (χ1v) is 7.33. The van der Waals surface area contributed by atoms with Crippen molar-refractivity contribution in [3.05, 3.63) is 0 Å². The Morgan fingerprint density at radius 1 is 1.24 bits per heavy atom. The Labute approximate surface area is 106 Å². The van der Waals surface area contributed by atoms with Gasteiger partial charge in [0.05, 0.1) is 0 Å². The normalized spacial score (nSPS) is 20.2. The van der Waals surface area contributed by atoms with E-state index in [1.165, 1.54) is 38.5 Å². The van der Waals surface area contributed by atoms with E-state index >= 15 is 0 Å². The van der Waals surface area contributed by atoms with Gasteiger partial charge >= 0.3 is 0 Å². The highest BCUT2D eigenvalue weighted by Crippen LogP contribution is 2.07. The van der Waals surface area contributed by atoms with Crippen molar-refractivity contribution in [1.29, 1.82) is 0 Å². The quantitative estimate of drug-likeness (QED) is 0.640. The van der Waals surface area contributed by atoms with E-state index in [0.717, 1.165) is 25.9 Å². The maximum Gasteiger partial charge on any atom is 0.220 e. The molecular weight excluding hydrogens is 212 g/mol. The van der Waals surface area contributed by atoms with Crippen LogP contribution in [0.25, 0.3) is 0 Å². The molecule has 0 saturated carbocycles. The van der Waals surface area contributed by atoms with E-state index in [9.17, 15) is 4.79 Å². The number of piperidine rings is 1. The second kappa shape index (κ2) is 9.46.